The molecule has 1 aliphatic heterocycles. The van der Waals surface area contributed by atoms with Crippen molar-refractivity contribution in [2.75, 3.05) is 6.54 Å². The van der Waals surface area contributed by atoms with Crippen LogP contribution in [0.15, 0.2) is 12.1 Å². The Morgan fingerprint density at radius 2 is 2.00 bits per heavy atom. The number of nitrogens with one attached hydrogen (secondary N) is 1. The predicted octanol–water partition coefficient (Wildman–Crippen LogP) is 2.84. The monoisotopic (exact) mass is 273 g/mol. The summed E-state index contributed by atoms with van der Waals surface area (Å²) in [6.45, 7) is 2.29. The van der Waals surface area contributed by atoms with Crippen molar-refractivity contribution >= 4 is 0 Å². The Morgan fingerprint density at radius 1 is 1.26 bits per heavy atom. The maximum absolute atomic E-state index is 13.7. The zero-order chi connectivity index (χ0) is 14.0. The van der Waals surface area contributed by atoms with E-state index in [0.717, 1.165) is 37.9 Å². The third kappa shape index (κ3) is 3.09. The summed E-state index contributed by atoms with van der Waals surface area (Å²) in [5, 5.41) is 13.6. The highest BCUT2D eigenvalue weighted by Crippen LogP contribution is 2.31. The van der Waals surface area contributed by atoms with Crippen molar-refractivity contribution < 1.29 is 18.3 Å². The number of piperidine rings is 1. The van der Waals surface area contributed by atoms with Gasteiger partial charge in [0.2, 0.25) is 0 Å². The molecule has 1 aromatic carbocycles. The van der Waals surface area contributed by atoms with Gasteiger partial charge in [-0.05, 0) is 38.8 Å². The molecule has 106 valence electrons. The van der Waals surface area contributed by atoms with Gasteiger partial charge in [0.15, 0.2) is 17.5 Å². The van der Waals surface area contributed by atoms with Gasteiger partial charge in [-0.3, -0.25) is 0 Å². The molecule has 0 bridgehead atoms. The molecule has 2 unspecified atom stereocenters. The van der Waals surface area contributed by atoms with Gasteiger partial charge in [0.1, 0.15) is 0 Å². The van der Waals surface area contributed by atoms with E-state index < -0.39 is 23.1 Å². The van der Waals surface area contributed by atoms with E-state index >= 15 is 0 Å². The average molecular weight is 273 g/mol. The molecule has 0 radical (unpaired) electrons. The van der Waals surface area contributed by atoms with Gasteiger partial charge in [-0.2, -0.15) is 0 Å². The van der Waals surface area contributed by atoms with Crippen molar-refractivity contribution in [1.82, 2.24) is 5.32 Å². The quantitative estimate of drug-likeness (QED) is 0.830. The lowest BCUT2D eigenvalue weighted by Gasteiger charge is -2.32. The molecule has 2 N–H and O–H groups in total. The first-order chi connectivity index (χ1) is 8.92. The Hall–Kier alpha value is -1.07. The maximum Gasteiger partial charge on any atom is 0.194 e. The van der Waals surface area contributed by atoms with Crippen molar-refractivity contribution in [2.45, 2.75) is 44.2 Å². The van der Waals surface area contributed by atoms with Crippen LogP contribution in [0.4, 0.5) is 13.2 Å². The fourth-order valence-corrected chi connectivity index (χ4v) is 2.63. The maximum atomic E-state index is 13.7. The van der Waals surface area contributed by atoms with Crippen LogP contribution in [0, 0.1) is 17.5 Å². The number of rotatable bonds is 3. The number of halogens is 3. The fourth-order valence-electron chi connectivity index (χ4n) is 2.63. The molecule has 0 spiro atoms. The minimum absolute atomic E-state index is 0.0660. The molecule has 0 aromatic heterocycles. The van der Waals surface area contributed by atoms with E-state index in [1.807, 2.05) is 0 Å². The van der Waals surface area contributed by atoms with Crippen molar-refractivity contribution in [2.24, 2.45) is 0 Å². The van der Waals surface area contributed by atoms with E-state index in [9.17, 15) is 18.3 Å². The summed E-state index contributed by atoms with van der Waals surface area (Å²) in [5.41, 5.74) is -1.72. The van der Waals surface area contributed by atoms with Crippen LogP contribution in [0.3, 0.4) is 0 Å². The van der Waals surface area contributed by atoms with Gasteiger partial charge in [-0.25, -0.2) is 13.2 Å². The number of hydrogen-bond acceptors (Lipinski definition) is 2. The van der Waals surface area contributed by atoms with Crippen LogP contribution in [0.2, 0.25) is 0 Å². The van der Waals surface area contributed by atoms with Crippen LogP contribution >= 0.6 is 0 Å². The lowest BCUT2D eigenvalue weighted by Crippen LogP contribution is -2.40. The van der Waals surface area contributed by atoms with Crippen molar-refractivity contribution in [1.29, 1.82) is 0 Å². The van der Waals surface area contributed by atoms with E-state index in [1.165, 1.54) is 6.92 Å². The molecule has 2 nitrogen and oxygen atoms in total. The summed E-state index contributed by atoms with van der Waals surface area (Å²) in [4.78, 5) is 0. The smallest absolute Gasteiger partial charge is 0.194 e. The Labute approximate surface area is 110 Å². The van der Waals surface area contributed by atoms with E-state index in [-0.39, 0.29) is 18.0 Å². The summed E-state index contributed by atoms with van der Waals surface area (Å²) in [6.07, 6.45) is 3.29. The van der Waals surface area contributed by atoms with Gasteiger partial charge in [0, 0.05) is 11.6 Å². The zero-order valence-corrected chi connectivity index (χ0v) is 10.8. The molecule has 1 fully saturated rings. The number of benzene rings is 1. The lowest BCUT2D eigenvalue weighted by molar-refractivity contribution is 0.0290. The zero-order valence-electron chi connectivity index (χ0n) is 10.8. The normalized spacial score (nSPS) is 23.1. The molecule has 1 aliphatic rings. The Bertz CT molecular complexity index is 456. The minimum Gasteiger partial charge on any atom is -0.385 e. The highest BCUT2D eigenvalue weighted by Gasteiger charge is 2.32. The van der Waals surface area contributed by atoms with Crippen LogP contribution in [0.1, 0.15) is 38.2 Å². The summed E-state index contributed by atoms with van der Waals surface area (Å²) in [6, 6.07) is 2.02. The summed E-state index contributed by atoms with van der Waals surface area (Å²) < 4.78 is 39.8. The predicted molar refractivity (Wildman–Crippen MR) is 66.1 cm³/mol. The lowest BCUT2D eigenvalue weighted by atomic mass is 9.86. The summed E-state index contributed by atoms with van der Waals surface area (Å²) in [7, 11) is 0. The first-order valence-electron chi connectivity index (χ1n) is 6.51. The molecule has 1 heterocycles. The molecule has 19 heavy (non-hydrogen) atoms. The Balaban J connectivity index is 2.21. The van der Waals surface area contributed by atoms with E-state index in [2.05, 4.69) is 5.32 Å². The second-order valence-corrected chi connectivity index (χ2v) is 5.35. The third-order valence-electron chi connectivity index (χ3n) is 3.67. The van der Waals surface area contributed by atoms with Crippen molar-refractivity contribution in [3.05, 3.63) is 35.1 Å². The second kappa shape index (κ2) is 5.51. The molecule has 2 atom stereocenters. The minimum atomic E-state index is -1.53. The van der Waals surface area contributed by atoms with Gasteiger partial charge in [-0.1, -0.05) is 12.5 Å². The molecule has 0 aliphatic carbocycles. The molecule has 5 heteroatoms. The molecular weight excluding hydrogens is 255 g/mol. The summed E-state index contributed by atoms with van der Waals surface area (Å²) >= 11 is 0. The molecule has 0 saturated carbocycles. The van der Waals surface area contributed by atoms with Gasteiger partial charge in [0.05, 0.1) is 5.60 Å². The topological polar surface area (TPSA) is 32.3 Å². The van der Waals surface area contributed by atoms with Crippen molar-refractivity contribution in [3.8, 4) is 0 Å². The summed E-state index contributed by atoms with van der Waals surface area (Å²) in [5.74, 6) is -4.08. The highest BCUT2D eigenvalue weighted by molar-refractivity contribution is 5.26. The SMILES string of the molecule is CC(O)(CC1CCCCN1)c1ccc(F)c(F)c1F. The van der Waals surface area contributed by atoms with Gasteiger partial charge in [0.25, 0.3) is 0 Å². The standard InChI is InChI=1S/C14H18F3NO/c1-14(19,8-9-4-2-3-7-18-9)10-5-6-11(15)13(17)12(10)16/h5-6,9,18-19H,2-4,7-8H2,1H3. The highest BCUT2D eigenvalue weighted by atomic mass is 19.2. The molecule has 1 saturated heterocycles. The number of hydrogen-bond donors (Lipinski definition) is 2. The van der Waals surface area contributed by atoms with E-state index in [0.29, 0.717) is 0 Å². The van der Waals surface area contributed by atoms with Crippen molar-refractivity contribution in [3.63, 3.8) is 0 Å². The Kier molecular flexibility index (Phi) is 4.16. The molecule has 2 rings (SSSR count). The van der Waals surface area contributed by atoms with E-state index in [4.69, 9.17) is 0 Å². The first-order valence-corrected chi connectivity index (χ1v) is 6.51. The molecule has 0 amide bonds. The average Bonchev–Trinajstić information content (AvgIpc) is 2.36. The largest absolute Gasteiger partial charge is 0.385 e. The van der Waals surface area contributed by atoms with Crippen LogP contribution < -0.4 is 5.32 Å². The van der Waals surface area contributed by atoms with Crippen LogP contribution in [0.5, 0.6) is 0 Å². The molecule has 1 aromatic rings. The van der Waals surface area contributed by atoms with Gasteiger partial charge < -0.3 is 10.4 Å². The van der Waals surface area contributed by atoms with Crippen LogP contribution in [0.25, 0.3) is 0 Å². The first kappa shape index (κ1) is 14.3. The second-order valence-electron chi connectivity index (χ2n) is 5.35. The van der Waals surface area contributed by atoms with E-state index in [1.54, 1.807) is 0 Å². The van der Waals surface area contributed by atoms with Crippen LogP contribution in [-0.4, -0.2) is 17.7 Å². The van der Waals surface area contributed by atoms with Gasteiger partial charge in [-0.15, -0.1) is 0 Å². The molecular formula is C14H18F3NO. The van der Waals surface area contributed by atoms with Gasteiger partial charge >= 0.3 is 0 Å². The van der Waals surface area contributed by atoms with Crippen LogP contribution in [-0.2, 0) is 5.60 Å². The number of aliphatic hydroxyl groups is 1. The Morgan fingerprint density at radius 3 is 2.63 bits per heavy atom. The fraction of sp³-hybridized carbons (Fsp3) is 0.571. The third-order valence-corrected chi connectivity index (χ3v) is 3.67.